The normalized spacial score (nSPS) is 11.0. The molecule has 0 bridgehead atoms. The molecule has 0 radical (unpaired) electrons. The lowest BCUT2D eigenvalue weighted by Gasteiger charge is -2.15. The van der Waals surface area contributed by atoms with Gasteiger partial charge in [-0.25, -0.2) is 4.39 Å². The second-order valence-electron chi connectivity index (χ2n) is 5.66. The molecule has 4 nitrogen and oxygen atoms in total. The first kappa shape index (κ1) is 17.7. The van der Waals surface area contributed by atoms with Gasteiger partial charge >= 0.3 is 0 Å². The van der Waals surface area contributed by atoms with Crippen LogP contribution in [0.15, 0.2) is 36.4 Å². The molecule has 0 saturated carbocycles. The Bertz CT molecular complexity index is 937. The number of hydrogen-bond acceptors (Lipinski definition) is 3. The average molecular weight is 379 g/mol. The van der Waals surface area contributed by atoms with Gasteiger partial charge in [0.25, 0.3) is 0 Å². The summed E-state index contributed by atoms with van der Waals surface area (Å²) in [7, 11) is 1.81. The van der Waals surface area contributed by atoms with Crippen LogP contribution in [0.1, 0.15) is 11.3 Å². The van der Waals surface area contributed by atoms with E-state index >= 15 is 0 Å². The van der Waals surface area contributed by atoms with Crippen LogP contribution in [0.2, 0.25) is 10.0 Å². The van der Waals surface area contributed by atoms with E-state index in [1.165, 1.54) is 12.1 Å². The Morgan fingerprint density at radius 1 is 1.20 bits per heavy atom. The lowest BCUT2D eigenvalue weighted by atomic mass is 10.0. The number of benzene rings is 2. The SMILES string of the molecule is Cc1nn(C)c(Nc2c(Cl)cccc2CN)c1-c1ccc(F)cc1Cl. The topological polar surface area (TPSA) is 55.9 Å². The summed E-state index contributed by atoms with van der Waals surface area (Å²) < 4.78 is 15.1. The van der Waals surface area contributed by atoms with Crippen molar-refractivity contribution in [1.82, 2.24) is 9.78 Å². The Kier molecular flexibility index (Phi) is 4.99. The summed E-state index contributed by atoms with van der Waals surface area (Å²) in [6, 6.07) is 9.84. The van der Waals surface area contributed by atoms with Gasteiger partial charge in [0, 0.05) is 24.7 Å². The van der Waals surface area contributed by atoms with Crippen LogP contribution >= 0.6 is 23.2 Å². The number of aryl methyl sites for hydroxylation is 2. The monoisotopic (exact) mass is 378 g/mol. The molecule has 1 heterocycles. The number of halogens is 3. The number of nitrogens with two attached hydrogens (primary N) is 1. The second-order valence-corrected chi connectivity index (χ2v) is 6.47. The van der Waals surface area contributed by atoms with Crippen molar-refractivity contribution in [2.24, 2.45) is 12.8 Å². The Balaban J connectivity index is 2.16. The molecule has 0 aliphatic heterocycles. The third-order valence-corrected chi connectivity index (χ3v) is 4.61. The van der Waals surface area contributed by atoms with E-state index in [4.69, 9.17) is 28.9 Å². The number of nitrogens with zero attached hydrogens (tertiary/aromatic N) is 2. The molecule has 1 aromatic heterocycles. The smallest absolute Gasteiger partial charge is 0.136 e. The molecule has 3 aromatic rings. The quantitative estimate of drug-likeness (QED) is 0.668. The summed E-state index contributed by atoms with van der Waals surface area (Å²) in [6.07, 6.45) is 0. The average Bonchev–Trinajstić information content (AvgIpc) is 2.83. The van der Waals surface area contributed by atoms with Crippen molar-refractivity contribution in [2.45, 2.75) is 13.5 Å². The molecule has 25 heavy (non-hydrogen) atoms. The van der Waals surface area contributed by atoms with Crippen LogP contribution in [0.4, 0.5) is 15.9 Å². The fraction of sp³-hybridized carbons (Fsp3) is 0.167. The maximum atomic E-state index is 13.4. The van der Waals surface area contributed by atoms with Crippen LogP contribution < -0.4 is 11.1 Å². The molecule has 0 spiro atoms. The fourth-order valence-corrected chi connectivity index (χ4v) is 3.32. The minimum Gasteiger partial charge on any atom is -0.338 e. The summed E-state index contributed by atoms with van der Waals surface area (Å²) in [6.45, 7) is 2.21. The predicted octanol–water partition coefficient (Wildman–Crippen LogP) is 5.04. The lowest BCUT2D eigenvalue weighted by Crippen LogP contribution is -2.06. The molecule has 0 aliphatic rings. The number of para-hydroxylation sites is 1. The minimum absolute atomic E-state index is 0.317. The molecule has 3 N–H and O–H groups in total. The number of nitrogens with one attached hydrogen (secondary N) is 1. The molecule has 0 atom stereocenters. The zero-order valence-corrected chi connectivity index (χ0v) is 15.3. The van der Waals surface area contributed by atoms with Crippen molar-refractivity contribution >= 4 is 34.7 Å². The molecule has 3 rings (SSSR count). The highest BCUT2D eigenvalue weighted by Crippen LogP contribution is 2.39. The standard InChI is InChI=1S/C18H17Cl2FN4/c1-10-16(13-7-6-12(21)8-15(13)20)18(25(2)24-10)23-17-11(9-22)4-3-5-14(17)19/h3-8,23H,9,22H2,1-2H3. The number of aromatic nitrogens is 2. The zero-order valence-electron chi connectivity index (χ0n) is 13.8. The van der Waals surface area contributed by atoms with Gasteiger partial charge in [-0.1, -0.05) is 35.3 Å². The van der Waals surface area contributed by atoms with Crippen molar-refractivity contribution < 1.29 is 4.39 Å². The minimum atomic E-state index is -0.388. The van der Waals surface area contributed by atoms with Crippen LogP contribution in [0, 0.1) is 12.7 Å². The van der Waals surface area contributed by atoms with Crippen molar-refractivity contribution in [2.75, 3.05) is 5.32 Å². The first-order valence-corrected chi connectivity index (χ1v) is 8.41. The first-order chi connectivity index (χ1) is 11.9. The van der Waals surface area contributed by atoms with Crippen molar-refractivity contribution in [3.63, 3.8) is 0 Å². The van der Waals surface area contributed by atoms with E-state index in [2.05, 4.69) is 10.4 Å². The molecule has 0 fully saturated rings. The van der Waals surface area contributed by atoms with Crippen LogP contribution in [-0.2, 0) is 13.6 Å². The highest BCUT2D eigenvalue weighted by atomic mass is 35.5. The molecule has 0 amide bonds. The van der Waals surface area contributed by atoms with Gasteiger partial charge in [0.1, 0.15) is 11.6 Å². The second kappa shape index (κ2) is 7.04. The molecule has 2 aromatic carbocycles. The largest absolute Gasteiger partial charge is 0.338 e. The highest BCUT2D eigenvalue weighted by Gasteiger charge is 2.19. The molecule has 7 heteroatoms. The Morgan fingerprint density at radius 2 is 1.96 bits per heavy atom. The van der Waals surface area contributed by atoms with Gasteiger partial charge in [0.05, 0.1) is 21.4 Å². The maximum absolute atomic E-state index is 13.4. The van der Waals surface area contributed by atoms with Gasteiger partial charge in [0.2, 0.25) is 0 Å². The van der Waals surface area contributed by atoms with Gasteiger partial charge in [-0.3, -0.25) is 4.68 Å². The van der Waals surface area contributed by atoms with Gasteiger partial charge < -0.3 is 11.1 Å². The third-order valence-electron chi connectivity index (χ3n) is 3.99. The van der Waals surface area contributed by atoms with Gasteiger partial charge in [0.15, 0.2) is 0 Å². The van der Waals surface area contributed by atoms with Crippen molar-refractivity contribution in [1.29, 1.82) is 0 Å². The van der Waals surface area contributed by atoms with Crippen LogP contribution in [0.5, 0.6) is 0 Å². The summed E-state index contributed by atoms with van der Waals surface area (Å²) in [5, 5.41) is 8.66. The van der Waals surface area contributed by atoms with Gasteiger partial charge in [-0.2, -0.15) is 5.10 Å². The zero-order chi connectivity index (χ0) is 18.1. The van der Waals surface area contributed by atoms with Crippen LogP contribution in [0.3, 0.4) is 0 Å². The highest BCUT2D eigenvalue weighted by molar-refractivity contribution is 6.34. The van der Waals surface area contributed by atoms with E-state index < -0.39 is 0 Å². The van der Waals surface area contributed by atoms with E-state index in [9.17, 15) is 4.39 Å². The van der Waals surface area contributed by atoms with Gasteiger partial charge in [-0.05, 0) is 36.8 Å². The Hall–Kier alpha value is -2.08. The first-order valence-electron chi connectivity index (χ1n) is 7.66. The third kappa shape index (κ3) is 3.35. The summed E-state index contributed by atoms with van der Waals surface area (Å²) in [4.78, 5) is 0. The Morgan fingerprint density at radius 3 is 2.64 bits per heavy atom. The lowest BCUT2D eigenvalue weighted by molar-refractivity contribution is 0.628. The number of rotatable bonds is 4. The van der Waals surface area contributed by atoms with Crippen LogP contribution in [-0.4, -0.2) is 9.78 Å². The molecular weight excluding hydrogens is 362 g/mol. The van der Waals surface area contributed by atoms with Gasteiger partial charge in [-0.15, -0.1) is 0 Å². The molecular formula is C18H17Cl2FN4. The predicted molar refractivity (Wildman–Crippen MR) is 101 cm³/mol. The van der Waals surface area contributed by atoms with Crippen molar-refractivity contribution in [3.05, 3.63) is 63.5 Å². The Labute approximate surface area is 155 Å². The molecule has 0 aliphatic carbocycles. The summed E-state index contributed by atoms with van der Waals surface area (Å²) in [5.74, 6) is 0.315. The van der Waals surface area contributed by atoms with E-state index in [1.807, 2.05) is 26.1 Å². The molecule has 0 unspecified atom stereocenters. The molecule has 0 saturated heterocycles. The van der Waals surface area contributed by atoms with Crippen molar-refractivity contribution in [3.8, 4) is 11.1 Å². The van der Waals surface area contributed by atoms with E-state index in [-0.39, 0.29) is 5.82 Å². The maximum Gasteiger partial charge on any atom is 0.136 e. The van der Waals surface area contributed by atoms with E-state index in [0.29, 0.717) is 33.7 Å². The van der Waals surface area contributed by atoms with E-state index in [1.54, 1.807) is 16.8 Å². The van der Waals surface area contributed by atoms with Crippen LogP contribution in [0.25, 0.3) is 11.1 Å². The molecule has 130 valence electrons. The fourth-order valence-electron chi connectivity index (χ4n) is 2.81. The van der Waals surface area contributed by atoms with E-state index in [0.717, 1.165) is 16.8 Å². The summed E-state index contributed by atoms with van der Waals surface area (Å²) in [5.41, 5.74) is 9.66. The summed E-state index contributed by atoms with van der Waals surface area (Å²) >= 11 is 12.6. The number of anilines is 2. The number of hydrogen-bond donors (Lipinski definition) is 2.